The van der Waals surface area contributed by atoms with Gasteiger partial charge in [-0.2, -0.15) is 0 Å². The first-order valence-electron chi connectivity index (χ1n) is 6.18. The van der Waals surface area contributed by atoms with E-state index in [1.807, 2.05) is 0 Å². The van der Waals surface area contributed by atoms with Crippen molar-refractivity contribution in [2.45, 2.75) is 26.1 Å². The van der Waals surface area contributed by atoms with E-state index in [9.17, 15) is 0 Å². The fourth-order valence-electron chi connectivity index (χ4n) is 1.75. The van der Waals surface area contributed by atoms with Crippen molar-refractivity contribution < 1.29 is 0 Å². The van der Waals surface area contributed by atoms with E-state index in [4.69, 9.17) is 0 Å². The van der Waals surface area contributed by atoms with E-state index in [1.165, 1.54) is 16.0 Å². The lowest BCUT2D eigenvalue weighted by Crippen LogP contribution is -2.16. The van der Waals surface area contributed by atoms with Gasteiger partial charge in [0, 0.05) is 11.3 Å². The Balaban J connectivity index is 2.26. The molecule has 0 spiro atoms. The van der Waals surface area contributed by atoms with Crippen molar-refractivity contribution in [3.8, 4) is 21.9 Å². The molecule has 0 amide bonds. The lowest BCUT2D eigenvalue weighted by Gasteiger charge is -2.06. The predicted octanol–water partition coefficient (Wildman–Crippen LogP) is 4.84. The van der Waals surface area contributed by atoms with Crippen LogP contribution in [0, 0.1) is 11.5 Å². The molecule has 0 radical (unpaired) electrons. The second-order valence-electron chi connectivity index (χ2n) is 5.36. The quantitative estimate of drug-likeness (QED) is 0.541. The van der Waals surface area contributed by atoms with Gasteiger partial charge in [-0.15, -0.1) is 22.8 Å². The first kappa shape index (κ1) is 13.1. The van der Waals surface area contributed by atoms with Gasteiger partial charge in [0.1, 0.15) is 8.07 Å². The average Bonchev–Trinajstić information content (AvgIpc) is 2.81. The minimum atomic E-state index is -1.25. The first-order valence-corrected chi connectivity index (χ1v) is 10.6. The highest BCUT2D eigenvalue weighted by atomic mass is 32.1. The van der Waals surface area contributed by atoms with E-state index >= 15 is 0 Å². The summed E-state index contributed by atoms with van der Waals surface area (Å²) in [6.07, 6.45) is 0.859. The van der Waals surface area contributed by atoms with Crippen LogP contribution in [0.15, 0.2) is 41.8 Å². The molecule has 2 heteroatoms. The third kappa shape index (κ3) is 3.59. The van der Waals surface area contributed by atoms with Gasteiger partial charge in [-0.25, -0.2) is 0 Å². The van der Waals surface area contributed by atoms with Gasteiger partial charge >= 0.3 is 0 Å². The van der Waals surface area contributed by atoms with E-state index in [0.717, 1.165) is 6.42 Å². The van der Waals surface area contributed by atoms with Crippen molar-refractivity contribution in [1.82, 2.24) is 0 Å². The lowest BCUT2D eigenvalue weighted by molar-refractivity contribution is 1.33. The molecule has 2 rings (SSSR count). The zero-order valence-corrected chi connectivity index (χ0v) is 13.0. The maximum atomic E-state index is 3.44. The summed E-state index contributed by atoms with van der Waals surface area (Å²) in [6.45, 7) is 6.85. The topological polar surface area (TPSA) is 0 Å². The maximum absolute atomic E-state index is 3.44. The van der Waals surface area contributed by atoms with Gasteiger partial charge in [0.2, 0.25) is 0 Å². The van der Waals surface area contributed by atoms with Gasteiger partial charge in [0.15, 0.2) is 0 Å². The van der Waals surface area contributed by atoms with Gasteiger partial charge < -0.3 is 0 Å². The van der Waals surface area contributed by atoms with Crippen LogP contribution >= 0.6 is 11.3 Å². The summed E-state index contributed by atoms with van der Waals surface area (Å²) in [7, 11) is -1.25. The summed E-state index contributed by atoms with van der Waals surface area (Å²) in [5.41, 5.74) is 6.10. The van der Waals surface area contributed by atoms with Crippen LogP contribution in [-0.2, 0) is 6.42 Å². The summed E-state index contributed by atoms with van der Waals surface area (Å²) in [6, 6.07) is 12.9. The third-order valence-corrected chi connectivity index (χ3v) is 4.38. The van der Waals surface area contributed by atoms with Crippen LogP contribution in [-0.4, -0.2) is 8.07 Å². The second kappa shape index (κ2) is 5.56. The molecule has 0 saturated carbocycles. The van der Waals surface area contributed by atoms with Crippen molar-refractivity contribution >= 4 is 19.4 Å². The van der Waals surface area contributed by atoms with Crippen LogP contribution in [0.5, 0.6) is 0 Å². The average molecular weight is 270 g/mol. The number of rotatable bonds is 2. The van der Waals surface area contributed by atoms with Gasteiger partial charge in [-0.1, -0.05) is 50.0 Å². The normalized spacial score (nSPS) is 10.8. The monoisotopic (exact) mass is 270 g/mol. The zero-order valence-electron chi connectivity index (χ0n) is 11.2. The molecular weight excluding hydrogens is 252 g/mol. The standard InChI is InChI=1S/C16H18SSi/c1-18(2,3)13-7-9-14-8-4-5-10-15(14)16-11-6-12-17-16/h4-6,8,10-12H,9H2,1-3H3. The molecule has 0 aliphatic carbocycles. The molecule has 0 unspecified atom stereocenters. The van der Waals surface area contributed by atoms with Gasteiger partial charge in [-0.3, -0.25) is 0 Å². The summed E-state index contributed by atoms with van der Waals surface area (Å²) in [5.74, 6) is 3.36. The maximum Gasteiger partial charge on any atom is 0.129 e. The molecule has 0 bridgehead atoms. The summed E-state index contributed by atoms with van der Waals surface area (Å²) in [5, 5.41) is 2.12. The molecule has 0 fully saturated rings. The largest absolute Gasteiger partial charge is 0.144 e. The Labute approximate surface area is 115 Å². The molecule has 1 heterocycles. The molecular formula is C16H18SSi. The van der Waals surface area contributed by atoms with Crippen LogP contribution in [0.1, 0.15) is 5.56 Å². The van der Waals surface area contributed by atoms with Crippen molar-refractivity contribution in [2.24, 2.45) is 0 Å². The van der Waals surface area contributed by atoms with Crippen LogP contribution < -0.4 is 0 Å². The van der Waals surface area contributed by atoms with Crippen LogP contribution in [0.25, 0.3) is 10.4 Å². The Morgan fingerprint density at radius 2 is 1.83 bits per heavy atom. The molecule has 0 saturated heterocycles. The Morgan fingerprint density at radius 3 is 2.50 bits per heavy atom. The second-order valence-corrected chi connectivity index (χ2v) is 11.1. The van der Waals surface area contributed by atoms with Crippen LogP contribution in [0.2, 0.25) is 19.6 Å². The van der Waals surface area contributed by atoms with Gasteiger partial charge in [-0.05, 0) is 22.6 Å². The molecule has 92 valence electrons. The predicted molar refractivity (Wildman–Crippen MR) is 84.6 cm³/mol. The zero-order chi connectivity index (χ0) is 13.0. The van der Waals surface area contributed by atoms with E-state index in [-0.39, 0.29) is 0 Å². The first-order chi connectivity index (χ1) is 8.56. The Hall–Kier alpha value is -1.30. The fourth-order valence-corrected chi connectivity index (χ4v) is 3.16. The van der Waals surface area contributed by atoms with E-state index < -0.39 is 8.07 Å². The fraction of sp³-hybridized carbons (Fsp3) is 0.250. The number of thiophene rings is 1. The molecule has 0 atom stereocenters. The molecule has 18 heavy (non-hydrogen) atoms. The Morgan fingerprint density at radius 1 is 1.06 bits per heavy atom. The Bertz CT molecular complexity index is 565. The molecule has 1 aromatic heterocycles. The highest BCUT2D eigenvalue weighted by molar-refractivity contribution is 7.13. The molecule has 2 aromatic rings. The van der Waals surface area contributed by atoms with E-state index in [2.05, 4.69) is 72.9 Å². The van der Waals surface area contributed by atoms with Crippen LogP contribution in [0.4, 0.5) is 0 Å². The summed E-state index contributed by atoms with van der Waals surface area (Å²) >= 11 is 1.79. The van der Waals surface area contributed by atoms with Crippen molar-refractivity contribution in [3.05, 3.63) is 47.3 Å². The number of benzene rings is 1. The summed E-state index contributed by atoms with van der Waals surface area (Å²) in [4.78, 5) is 1.33. The minimum Gasteiger partial charge on any atom is -0.144 e. The number of hydrogen-bond acceptors (Lipinski definition) is 1. The van der Waals surface area contributed by atoms with E-state index in [1.54, 1.807) is 11.3 Å². The van der Waals surface area contributed by atoms with Crippen LogP contribution in [0.3, 0.4) is 0 Å². The molecule has 0 N–H and O–H groups in total. The SMILES string of the molecule is C[Si](C)(C)C#CCc1ccccc1-c1cccs1. The number of hydrogen-bond donors (Lipinski definition) is 0. The van der Waals surface area contributed by atoms with Gasteiger partial charge in [0.05, 0.1) is 0 Å². The van der Waals surface area contributed by atoms with Gasteiger partial charge in [0.25, 0.3) is 0 Å². The highest BCUT2D eigenvalue weighted by Crippen LogP contribution is 2.28. The molecule has 1 aromatic carbocycles. The smallest absolute Gasteiger partial charge is 0.129 e. The highest BCUT2D eigenvalue weighted by Gasteiger charge is 2.08. The Kier molecular flexibility index (Phi) is 4.06. The van der Waals surface area contributed by atoms with Crippen molar-refractivity contribution in [3.63, 3.8) is 0 Å². The third-order valence-electron chi connectivity index (χ3n) is 2.55. The summed E-state index contributed by atoms with van der Waals surface area (Å²) < 4.78 is 0. The lowest BCUT2D eigenvalue weighted by atomic mass is 10.0. The molecule has 0 nitrogen and oxygen atoms in total. The minimum absolute atomic E-state index is 0.859. The van der Waals surface area contributed by atoms with Crippen molar-refractivity contribution in [2.75, 3.05) is 0 Å². The molecule has 0 aliphatic heterocycles. The van der Waals surface area contributed by atoms with Crippen molar-refractivity contribution in [1.29, 1.82) is 0 Å². The molecule has 0 aliphatic rings. The van der Waals surface area contributed by atoms with E-state index in [0.29, 0.717) is 0 Å².